The van der Waals surface area contributed by atoms with Gasteiger partial charge < -0.3 is 10.6 Å². The smallest absolute Gasteiger partial charge is 0.254 e. The maximum absolute atomic E-state index is 11.7. The van der Waals surface area contributed by atoms with E-state index in [9.17, 15) is 4.79 Å². The van der Waals surface area contributed by atoms with Gasteiger partial charge >= 0.3 is 0 Å². The minimum absolute atomic E-state index is 0.111. The number of nitrogens with zero attached hydrogens (tertiary/aromatic N) is 1. The molecule has 1 heterocycles. The molecule has 2 rings (SSSR count). The first kappa shape index (κ1) is 11.6. The molecule has 0 fully saturated rings. The molecule has 0 aromatic carbocycles. The first-order valence-corrected chi connectivity index (χ1v) is 5.91. The van der Waals surface area contributed by atoms with Crippen molar-refractivity contribution < 1.29 is 4.79 Å². The van der Waals surface area contributed by atoms with Gasteiger partial charge in [0, 0.05) is 19.3 Å². The van der Waals surface area contributed by atoms with Gasteiger partial charge in [0.05, 0.1) is 5.56 Å². The lowest BCUT2D eigenvalue weighted by Gasteiger charge is -2.19. The van der Waals surface area contributed by atoms with Gasteiger partial charge in [-0.1, -0.05) is 12.2 Å². The first-order chi connectivity index (χ1) is 8.31. The monoisotopic (exact) mass is 231 g/mol. The first-order valence-electron chi connectivity index (χ1n) is 5.91. The summed E-state index contributed by atoms with van der Waals surface area (Å²) < 4.78 is 0. The van der Waals surface area contributed by atoms with Crippen LogP contribution in [-0.2, 0) is 0 Å². The van der Waals surface area contributed by atoms with Crippen molar-refractivity contribution in [2.24, 2.45) is 0 Å². The van der Waals surface area contributed by atoms with E-state index in [1.165, 1.54) is 6.42 Å². The summed E-state index contributed by atoms with van der Waals surface area (Å²) in [5.41, 5.74) is 0.592. The summed E-state index contributed by atoms with van der Waals surface area (Å²) in [6.07, 6.45) is 9.41. The average molecular weight is 231 g/mol. The molecule has 1 aliphatic carbocycles. The number of hydrogen-bond donors (Lipinski definition) is 2. The molecule has 1 atom stereocenters. The van der Waals surface area contributed by atoms with Crippen molar-refractivity contribution in [1.82, 2.24) is 10.3 Å². The van der Waals surface area contributed by atoms with E-state index in [2.05, 4.69) is 27.8 Å². The topological polar surface area (TPSA) is 54.0 Å². The van der Waals surface area contributed by atoms with E-state index in [0.29, 0.717) is 11.4 Å². The number of carbonyl (C=O) groups is 1. The molecule has 0 saturated heterocycles. The third-order valence-electron chi connectivity index (χ3n) is 2.86. The van der Waals surface area contributed by atoms with Crippen molar-refractivity contribution in [2.75, 3.05) is 12.4 Å². The summed E-state index contributed by atoms with van der Waals surface area (Å²) in [7, 11) is 1.62. The summed E-state index contributed by atoms with van der Waals surface area (Å²) in [4.78, 5) is 15.9. The summed E-state index contributed by atoms with van der Waals surface area (Å²) in [6.45, 7) is 0. The molecular formula is C13H17N3O. The van der Waals surface area contributed by atoms with Crippen LogP contribution in [0, 0.1) is 0 Å². The second kappa shape index (κ2) is 5.48. The Morgan fingerprint density at radius 1 is 1.53 bits per heavy atom. The van der Waals surface area contributed by atoms with Crippen LogP contribution in [0.1, 0.15) is 29.6 Å². The molecule has 1 aliphatic rings. The molecule has 90 valence electrons. The van der Waals surface area contributed by atoms with Crippen LogP contribution in [0.2, 0.25) is 0 Å². The van der Waals surface area contributed by atoms with Crippen molar-refractivity contribution in [1.29, 1.82) is 0 Å². The van der Waals surface area contributed by atoms with Crippen molar-refractivity contribution >= 4 is 11.7 Å². The van der Waals surface area contributed by atoms with Crippen LogP contribution in [-0.4, -0.2) is 24.0 Å². The lowest BCUT2D eigenvalue weighted by Crippen LogP contribution is -2.24. The Bertz CT molecular complexity index is 428. The SMILES string of the molecule is CNC(=O)c1cccnc1NC1C=CCCC1. The van der Waals surface area contributed by atoms with E-state index in [0.717, 1.165) is 12.8 Å². The van der Waals surface area contributed by atoms with Crippen LogP contribution in [0.15, 0.2) is 30.5 Å². The van der Waals surface area contributed by atoms with Gasteiger partial charge in [-0.2, -0.15) is 0 Å². The van der Waals surface area contributed by atoms with Gasteiger partial charge in [-0.25, -0.2) is 4.98 Å². The second-order valence-electron chi connectivity index (χ2n) is 4.09. The lowest BCUT2D eigenvalue weighted by atomic mass is 10.0. The molecule has 4 heteroatoms. The highest BCUT2D eigenvalue weighted by molar-refractivity contribution is 5.98. The zero-order valence-electron chi connectivity index (χ0n) is 9.94. The number of carbonyl (C=O) groups excluding carboxylic acids is 1. The third-order valence-corrected chi connectivity index (χ3v) is 2.86. The summed E-state index contributed by atoms with van der Waals surface area (Å²) >= 11 is 0. The van der Waals surface area contributed by atoms with Gasteiger partial charge in [0.25, 0.3) is 5.91 Å². The van der Waals surface area contributed by atoms with E-state index in [-0.39, 0.29) is 11.9 Å². The Labute approximate surface area is 101 Å². The van der Waals surface area contributed by atoms with Gasteiger partial charge in [-0.3, -0.25) is 4.79 Å². The normalized spacial score (nSPS) is 18.8. The maximum Gasteiger partial charge on any atom is 0.254 e. The van der Waals surface area contributed by atoms with Crippen molar-refractivity contribution in [3.63, 3.8) is 0 Å². The van der Waals surface area contributed by atoms with Crippen molar-refractivity contribution in [3.05, 3.63) is 36.0 Å². The highest BCUT2D eigenvalue weighted by atomic mass is 16.1. The van der Waals surface area contributed by atoms with Gasteiger partial charge in [-0.05, 0) is 31.4 Å². The number of amides is 1. The Kier molecular flexibility index (Phi) is 3.75. The van der Waals surface area contributed by atoms with Gasteiger partial charge in [-0.15, -0.1) is 0 Å². The van der Waals surface area contributed by atoms with Gasteiger partial charge in [0.1, 0.15) is 5.82 Å². The number of rotatable bonds is 3. The molecule has 0 aliphatic heterocycles. The van der Waals surface area contributed by atoms with Crippen LogP contribution >= 0.6 is 0 Å². The minimum atomic E-state index is -0.111. The van der Waals surface area contributed by atoms with Crippen LogP contribution in [0.5, 0.6) is 0 Å². The van der Waals surface area contributed by atoms with E-state index in [4.69, 9.17) is 0 Å². The third kappa shape index (κ3) is 2.84. The standard InChI is InChI=1S/C13H17N3O/c1-14-13(17)11-8-5-9-15-12(11)16-10-6-3-2-4-7-10/h3,5-6,8-10H,2,4,7H2,1H3,(H,14,17)(H,15,16). The molecule has 0 bridgehead atoms. The Morgan fingerprint density at radius 2 is 2.41 bits per heavy atom. The van der Waals surface area contributed by atoms with Crippen LogP contribution in [0.3, 0.4) is 0 Å². The molecule has 0 spiro atoms. The van der Waals surface area contributed by atoms with Crippen LogP contribution in [0.25, 0.3) is 0 Å². The fourth-order valence-corrected chi connectivity index (χ4v) is 1.95. The van der Waals surface area contributed by atoms with E-state index in [1.807, 2.05) is 0 Å². The largest absolute Gasteiger partial charge is 0.363 e. The van der Waals surface area contributed by atoms with E-state index < -0.39 is 0 Å². The fraction of sp³-hybridized carbons (Fsp3) is 0.385. The Hall–Kier alpha value is -1.84. The number of aromatic nitrogens is 1. The maximum atomic E-state index is 11.7. The number of hydrogen-bond acceptors (Lipinski definition) is 3. The highest BCUT2D eigenvalue weighted by Gasteiger charge is 2.14. The summed E-state index contributed by atoms with van der Waals surface area (Å²) in [5, 5.41) is 5.93. The predicted octanol–water partition coefficient (Wildman–Crippen LogP) is 1.96. The molecule has 17 heavy (non-hydrogen) atoms. The number of anilines is 1. The molecule has 1 aromatic heterocycles. The number of nitrogens with one attached hydrogen (secondary N) is 2. The molecule has 1 unspecified atom stereocenters. The fourth-order valence-electron chi connectivity index (χ4n) is 1.95. The Morgan fingerprint density at radius 3 is 3.12 bits per heavy atom. The van der Waals surface area contributed by atoms with Gasteiger partial charge in [0.2, 0.25) is 0 Å². The summed E-state index contributed by atoms with van der Waals surface area (Å²) in [5.74, 6) is 0.545. The molecule has 0 radical (unpaired) electrons. The number of allylic oxidation sites excluding steroid dienone is 1. The van der Waals surface area contributed by atoms with E-state index in [1.54, 1.807) is 25.4 Å². The number of pyridine rings is 1. The zero-order valence-corrected chi connectivity index (χ0v) is 9.94. The molecule has 4 nitrogen and oxygen atoms in total. The van der Waals surface area contributed by atoms with Crippen LogP contribution < -0.4 is 10.6 Å². The predicted molar refractivity (Wildman–Crippen MR) is 68.0 cm³/mol. The second-order valence-corrected chi connectivity index (χ2v) is 4.09. The Balaban J connectivity index is 2.17. The lowest BCUT2D eigenvalue weighted by molar-refractivity contribution is 0.0963. The van der Waals surface area contributed by atoms with Gasteiger partial charge in [0.15, 0.2) is 0 Å². The molecule has 2 N–H and O–H groups in total. The zero-order chi connectivity index (χ0) is 12.1. The van der Waals surface area contributed by atoms with Crippen molar-refractivity contribution in [2.45, 2.75) is 25.3 Å². The average Bonchev–Trinajstić information content (AvgIpc) is 2.40. The van der Waals surface area contributed by atoms with Crippen LogP contribution in [0.4, 0.5) is 5.82 Å². The quantitative estimate of drug-likeness (QED) is 0.782. The molecule has 1 amide bonds. The van der Waals surface area contributed by atoms with E-state index >= 15 is 0 Å². The molecule has 1 aromatic rings. The summed E-state index contributed by atoms with van der Waals surface area (Å²) in [6, 6.07) is 3.83. The highest BCUT2D eigenvalue weighted by Crippen LogP contribution is 2.18. The van der Waals surface area contributed by atoms with Crippen molar-refractivity contribution in [3.8, 4) is 0 Å². The molecule has 0 saturated carbocycles. The minimum Gasteiger partial charge on any atom is -0.363 e. The molecular weight excluding hydrogens is 214 g/mol.